The summed E-state index contributed by atoms with van der Waals surface area (Å²) in [4.78, 5) is 1.39. The predicted molar refractivity (Wildman–Crippen MR) is 67.6 cm³/mol. The standard InChI is InChI=1S/C14H15F5N2/c1-20-6-4-7-2-3-8(5-6)21(7)14-12(18)10(16)9(15)11(17)13(14)19/h6-8,20H,2-5H2,1H3. The summed E-state index contributed by atoms with van der Waals surface area (Å²) < 4.78 is 67.8. The molecule has 0 aliphatic carbocycles. The fourth-order valence-corrected chi connectivity index (χ4v) is 3.60. The Balaban J connectivity index is 2.06. The Hall–Kier alpha value is -1.37. The molecule has 2 unspecified atom stereocenters. The van der Waals surface area contributed by atoms with Gasteiger partial charge >= 0.3 is 0 Å². The summed E-state index contributed by atoms with van der Waals surface area (Å²) in [5, 5.41) is 3.12. The van der Waals surface area contributed by atoms with E-state index in [9.17, 15) is 22.0 Å². The van der Waals surface area contributed by atoms with E-state index in [1.54, 1.807) is 7.05 Å². The number of hydrogen-bond acceptors (Lipinski definition) is 2. The maximum Gasteiger partial charge on any atom is 0.200 e. The number of rotatable bonds is 2. The van der Waals surface area contributed by atoms with Crippen LogP contribution in [-0.2, 0) is 0 Å². The minimum absolute atomic E-state index is 0.200. The SMILES string of the molecule is CNC1CC2CCC(C1)N2c1c(F)c(F)c(F)c(F)c1F. The highest BCUT2D eigenvalue weighted by atomic mass is 19.2. The first kappa shape index (κ1) is 14.6. The van der Waals surface area contributed by atoms with Crippen LogP contribution >= 0.6 is 0 Å². The first-order chi connectivity index (χ1) is 9.95. The van der Waals surface area contributed by atoms with Crippen LogP contribution in [0, 0.1) is 29.1 Å². The summed E-state index contributed by atoms with van der Waals surface area (Å²) in [5.74, 6) is -9.32. The van der Waals surface area contributed by atoms with Gasteiger partial charge in [-0.1, -0.05) is 0 Å². The van der Waals surface area contributed by atoms with Gasteiger partial charge in [0, 0.05) is 18.1 Å². The quantitative estimate of drug-likeness (QED) is 0.513. The molecule has 21 heavy (non-hydrogen) atoms. The zero-order valence-electron chi connectivity index (χ0n) is 11.4. The van der Waals surface area contributed by atoms with E-state index < -0.39 is 34.8 Å². The van der Waals surface area contributed by atoms with E-state index in [1.165, 1.54) is 4.90 Å². The van der Waals surface area contributed by atoms with Crippen molar-refractivity contribution in [1.29, 1.82) is 0 Å². The van der Waals surface area contributed by atoms with Crippen LogP contribution in [0.5, 0.6) is 0 Å². The molecule has 2 bridgehead atoms. The molecule has 0 saturated carbocycles. The Bertz CT molecular complexity index is 534. The van der Waals surface area contributed by atoms with Crippen LogP contribution in [0.15, 0.2) is 0 Å². The molecular formula is C14H15F5N2. The lowest BCUT2D eigenvalue weighted by Crippen LogP contribution is -2.49. The molecule has 0 amide bonds. The van der Waals surface area contributed by atoms with Crippen molar-refractivity contribution < 1.29 is 22.0 Å². The summed E-state index contributed by atoms with van der Waals surface area (Å²) in [5.41, 5.74) is -0.770. The van der Waals surface area contributed by atoms with Crippen molar-refractivity contribution in [2.45, 2.75) is 43.8 Å². The minimum atomic E-state index is -2.11. The van der Waals surface area contributed by atoms with Gasteiger partial charge in [-0.25, -0.2) is 22.0 Å². The lowest BCUT2D eigenvalue weighted by molar-refractivity contribution is 0.347. The van der Waals surface area contributed by atoms with Gasteiger partial charge in [0.25, 0.3) is 0 Å². The van der Waals surface area contributed by atoms with Crippen molar-refractivity contribution in [2.24, 2.45) is 0 Å². The second-order valence-corrected chi connectivity index (χ2v) is 5.67. The first-order valence-electron chi connectivity index (χ1n) is 6.92. The Labute approximate surface area is 118 Å². The highest BCUT2D eigenvalue weighted by molar-refractivity contribution is 5.54. The largest absolute Gasteiger partial charge is 0.361 e. The van der Waals surface area contributed by atoms with Gasteiger partial charge in [0.05, 0.1) is 0 Å². The molecule has 116 valence electrons. The molecule has 1 N–H and O–H groups in total. The molecule has 2 heterocycles. The van der Waals surface area contributed by atoms with E-state index in [0.29, 0.717) is 25.7 Å². The molecule has 7 heteroatoms. The Morgan fingerprint density at radius 2 is 1.24 bits per heavy atom. The molecule has 2 aliphatic heterocycles. The number of nitrogens with zero attached hydrogens (tertiary/aromatic N) is 1. The number of fused-ring (bicyclic) bond motifs is 2. The lowest BCUT2D eigenvalue weighted by atomic mass is 9.96. The predicted octanol–water partition coefficient (Wildman–Crippen LogP) is 3.10. The Morgan fingerprint density at radius 1 is 0.810 bits per heavy atom. The normalized spacial score (nSPS) is 28.3. The molecule has 2 saturated heterocycles. The van der Waals surface area contributed by atoms with E-state index in [2.05, 4.69) is 5.32 Å². The third kappa shape index (κ3) is 2.09. The molecular weight excluding hydrogens is 291 g/mol. The molecule has 2 fully saturated rings. The van der Waals surface area contributed by atoms with E-state index in [-0.39, 0.29) is 18.1 Å². The second kappa shape index (κ2) is 5.12. The highest BCUT2D eigenvalue weighted by Crippen LogP contribution is 2.42. The van der Waals surface area contributed by atoms with Crippen LogP contribution in [0.25, 0.3) is 0 Å². The van der Waals surface area contributed by atoms with E-state index in [1.807, 2.05) is 0 Å². The summed E-state index contributed by atoms with van der Waals surface area (Å²) in [6, 6.07) is -0.191. The third-order valence-electron chi connectivity index (χ3n) is 4.59. The van der Waals surface area contributed by atoms with E-state index in [4.69, 9.17) is 0 Å². The maximum atomic E-state index is 14.0. The lowest BCUT2D eigenvalue weighted by Gasteiger charge is -2.40. The second-order valence-electron chi connectivity index (χ2n) is 5.67. The number of benzene rings is 1. The molecule has 0 aromatic heterocycles. The summed E-state index contributed by atoms with van der Waals surface area (Å²) in [7, 11) is 1.80. The van der Waals surface area contributed by atoms with Crippen molar-refractivity contribution in [3.05, 3.63) is 29.1 Å². The van der Waals surface area contributed by atoms with Gasteiger partial charge in [-0.15, -0.1) is 0 Å². The third-order valence-corrected chi connectivity index (χ3v) is 4.59. The van der Waals surface area contributed by atoms with Gasteiger partial charge in [-0.2, -0.15) is 0 Å². The number of anilines is 1. The topological polar surface area (TPSA) is 15.3 Å². The Morgan fingerprint density at radius 3 is 1.67 bits per heavy atom. The van der Waals surface area contributed by atoms with Gasteiger partial charge in [0.2, 0.25) is 5.82 Å². The van der Waals surface area contributed by atoms with Crippen molar-refractivity contribution in [1.82, 2.24) is 5.32 Å². The highest BCUT2D eigenvalue weighted by Gasteiger charge is 2.44. The van der Waals surface area contributed by atoms with Gasteiger partial charge in [-0.3, -0.25) is 0 Å². The minimum Gasteiger partial charge on any atom is -0.361 e. The van der Waals surface area contributed by atoms with Crippen LogP contribution in [0.3, 0.4) is 0 Å². The molecule has 1 aromatic carbocycles. The van der Waals surface area contributed by atoms with Gasteiger partial charge < -0.3 is 10.2 Å². The van der Waals surface area contributed by atoms with E-state index in [0.717, 1.165) is 0 Å². The van der Waals surface area contributed by atoms with Crippen molar-refractivity contribution in [3.63, 3.8) is 0 Å². The molecule has 2 aliphatic rings. The fraction of sp³-hybridized carbons (Fsp3) is 0.571. The smallest absolute Gasteiger partial charge is 0.200 e. The maximum absolute atomic E-state index is 14.0. The van der Waals surface area contributed by atoms with Gasteiger partial charge in [-0.05, 0) is 32.7 Å². The molecule has 3 rings (SSSR count). The average molecular weight is 306 g/mol. The molecule has 1 aromatic rings. The molecule has 2 atom stereocenters. The number of halogens is 5. The summed E-state index contributed by atoms with van der Waals surface area (Å²) in [6.45, 7) is 0. The zero-order valence-corrected chi connectivity index (χ0v) is 11.4. The average Bonchev–Trinajstić information content (AvgIpc) is 2.73. The van der Waals surface area contributed by atoms with Crippen LogP contribution in [0.2, 0.25) is 0 Å². The molecule has 0 radical (unpaired) electrons. The van der Waals surface area contributed by atoms with Gasteiger partial charge in [0.1, 0.15) is 5.69 Å². The number of hydrogen-bond donors (Lipinski definition) is 1. The summed E-state index contributed by atoms with van der Waals surface area (Å²) >= 11 is 0. The summed E-state index contributed by atoms with van der Waals surface area (Å²) in [6.07, 6.45) is 2.66. The van der Waals surface area contributed by atoms with Crippen molar-refractivity contribution in [3.8, 4) is 0 Å². The molecule has 0 spiro atoms. The van der Waals surface area contributed by atoms with Crippen LogP contribution in [0.4, 0.5) is 27.6 Å². The van der Waals surface area contributed by atoms with Gasteiger partial charge in [0.15, 0.2) is 23.3 Å². The van der Waals surface area contributed by atoms with Crippen molar-refractivity contribution >= 4 is 5.69 Å². The van der Waals surface area contributed by atoms with Crippen LogP contribution < -0.4 is 10.2 Å². The van der Waals surface area contributed by atoms with E-state index >= 15 is 0 Å². The molecule has 2 nitrogen and oxygen atoms in total. The van der Waals surface area contributed by atoms with Crippen LogP contribution in [0.1, 0.15) is 25.7 Å². The number of piperidine rings is 1. The van der Waals surface area contributed by atoms with Crippen LogP contribution in [-0.4, -0.2) is 25.2 Å². The van der Waals surface area contributed by atoms with Crippen molar-refractivity contribution in [2.75, 3.05) is 11.9 Å². The fourth-order valence-electron chi connectivity index (χ4n) is 3.60. The first-order valence-corrected chi connectivity index (χ1v) is 6.92. The Kier molecular flexibility index (Phi) is 3.55. The monoisotopic (exact) mass is 306 g/mol. The number of nitrogens with one attached hydrogen (secondary N) is 1. The zero-order chi connectivity index (χ0) is 15.3.